The van der Waals surface area contributed by atoms with Crippen molar-refractivity contribution in [2.45, 2.75) is 25.8 Å². The molecule has 0 bridgehead atoms. The van der Waals surface area contributed by atoms with Gasteiger partial charge in [0.15, 0.2) is 5.17 Å². The number of hydrogen-bond acceptors (Lipinski definition) is 8. The van der Waals surface area contributed by atoms with Crippen LogP contribution >= 0.6 is 23.1 Å². The molecule has 1 amide bonds. The summed E-state index contributed by atoms with van der Waals surface area (Å²) in [7, 11) is 3.48. The van der Waals surface area contributed by atoms with Crippen molar-refractivity contribution in [1.82, 2.24) is 14.7 Å². The monoisotopic (exact) mass is 446 g/mol. The van der Waals surface area contributed by atoms with Crippen molar-refractivity contribution in [1.29, 1.82) is 0 Å². The number of nitrogens with zero attached hydrogens (tertiary/aromatic N) is 4. The van der Waals surface area contributed by atoms with Crippen LogP contribution < -0.4 is 0 Å². The van der Waals surface area contributed by atoms with Gasteiger partial charge in [-0.2, -0.15) is 11.3 Å². The predicted molar refractivity (Wildman–Crippen MR) is 120 cm³/mol. The van der Waals surface area contributed by atoms with Crippen molar-refractivity contribution in [2.75, 3.05) is 40.3 Å². The molecule has 0 radical (unpaired) electrons. The van der Waals surface area contributed by atoms with Gasteiger partial charge in [-0.25, -0.2) is 9.79 Å². The number of amidine groups is 1. The molecular formula is C21H26N4O3S2. The summed E-state index contributed by atoms with van der Waals surface area (Å²) in [5, 5.41) is 6.83. The van der Waals surface area contributed by atoms with Crippen LogP contribution in [0, 0.1) is 0 Å². The highest BCUT2D eigenvalue weighted by Gasteiger charge is 2.41. The number of aliphatic imine (C=N–C) groups is 1. The van der Waals surface area contributed by atoms with E-state index in [9.17, 15) is 9.59 Å². The van der Waals surface area contributed by atoms with Gasteiger partial charge in [-0.3, -0.25) is 4.79 Å². The summed E-state index contributed by atoms with van der Waals surface area (Å²) < 4.78 is 5.08. The van der Waals surface area contributed by atoms with Gasteiger partial charge in [0.25, 0.3) is 0 Å². The van der Waals surface area contributed by atoms with Crippen molar-refractivity contribution in [3.63, 3.8) is 0 Å². The summed E-state index contributed by atoms with van der Waals surface area (Å²) in [6, 6.07) is 1.68. The lowest BCUT2D eigenvalue weighted by molar-refractivity contribution is -0.136. The molecule has 9 heteroatoms. The molecule has 1 aromatic heterocycles. The Balaban J connectivity index is 1.61. The van der Waals surface area contributed by atoms with Crippen LogP contribution in [0.1, 0.15) is 31.4 Å². The van der Waals surface area contributed by atoms with Gasteiger partial charge in [0, 0.05) is 25.3 Å². The third-order valence-electron chi connectivity index (χ3n) is 5.67. The van der Waals surface area contributed by atoms with Crippen LogP contribution in [0.5, 0.6) is 0 Å². The highest BCUT2D eigenvalue weighted by atomic mass is 32.2. The zero-order valence-corrected chi connectivity index (χ0v) is 19.1. The molecule has 1 saturated heterocycles. The third kappa shape index (κ3) is 4.06. The zero-order valence-electron chi connectivity index (χ0n) is 17.5. The van der Waals surface area contributed by atoms with Gasteiger partial charge in [-0.05, 0) is 54.7 Å². The summed E-state index contributed by atoms with van der Waals surface area (Å²) in [6.07, 6.45) is 1.28. The Hall–Kier alpha value is -2.10. The van der Waals surface area contributed by atoms with E-state index in [2.05, 4.69) is 16.9 Å². The van der Waals surface area contributed by atoms with Crippen LogP contribution in [0.15, 0.2) is 44.2 Å². The number of thiophene rings is 1. The minimum atomic E-state index is -0.385. The Morgan fingerprint density at radius 1 is 1.27 bits per heavy atom. The molecule has 0 N–H and O–H groups in total. The van der Waals surface area contributed by atoms with Gasteiger partial charge < -0.3 is 19.4 Å². The summed E-state index contributed by atoms with van der Waals surface area (Å²) in [5.74, 6) is -0.266. The third-order valence-corrected chi connectivity index (χ3v) is 7.26. The normalized spacial score (nSPS) is 22.4. The molecule has 3 aliphatic heterocycles. The van der Waals surface area contributed by atoms with Gasteiger partial charge in [0.05, 0.1) is 30.8 Å². The van der Waals surface area contributed by atoms with Crippen molar-refractivity contribution < 1.29 is 14.3 Å². The van der Waals surface area contributed by atoms with E-state index in [1.54, 1.807) is 11.3 Å². The largest absolute Gasteiger partial charge is 0.466 e. The molecule has 1 aromatic rings. The Morgan fingerprint density at radius 3 is 2.83 bits per heavy atom. The quantitative estimate of drug-likeness (QED) is 0.663. The lowest BCUT2D eigenvalue weighted by atomic mass is 9.96. The van der Waals surface area contributed by atoms with E-state index in [4.69, 9.17) is 4.74 Å². The fraction of sp³-hybridized carbons (Fsp3) is 0.476. The molecule has 30 heavy (non-hydrogen) atoms. The van der Waals surface area contributed by atoms with Crippen molar-refractivity contribution in [3.05, 3.63) is 44.8 Å². The van der Waals surface area contributed by atoms with E-state index >= 15 is 0 Å². The van der Waals surface area contributed by atoms with Crippen LogP contribution in [-0.4, -0.2) is 72.1 Å². The van der Waals surface area contributed by atoms with Crippen molar-refractivity contribution in [3.8, 4) is 0 Å². The summed E-state index contributed by atoms with van der Waals surface area (Å²) >= 11 is 3.09. The molecule has 3 aliphatic rings. The number of amides is 1. The van der Waals surface area contributed by atoms with Gasteiger partial charge in [-0.1, -0.05) is 11.8 Å². The summed E-state index contributed by atoms with van der Waals surface area (Å²) in [4.78, 5) is 36.6. The summed E-state index contributed by atoms with van der Waals surface area (Å²) in [6.45, 7) is 5.27. The first-order valence-electron chi connectivity index (χ1n) is 10.0. The average Bonchev–Trinajstić information content (AvgIpc) is 3.34. The van der Waals surface area contributed by atoms with Crippen LogP contribution in [-0.2, 0) is 14.3 Å². The standard InChI is InChI=1S/C21H26N4O3S2/c1-14-18(20(27)28-3)19(15-5-10-29-12-15)25-16(13-30-21(25)22-14)11-17(26)24-7-4-6-23(2)8-9-24/h5,10,12-13,19H,4,6-9,11H2,1-3H3. The number of likely N-dealkylation sites (N-methyl/N-ethyl adjacent to an activating group) is 1. The lowest BCUT2D eigenvalue weighted by Crippen LogP contribution is -2.39. The molecule has 1 unspecified atom stereocenters. The van der Waals surface area contributed by atoms with Crippen LogP contribution in [0.2, 0.25) is 0 Å². The number of methoxy groups -OCH3 is 1. The second-order valence-electron chi connectivity index (χ2n) is 7.66. The molecule has 160 valence electrons. The average molecular weight is 447 g/mol. The van der Waals surface area contributed by atoms with Gasteiger partial charge in [0.2, 0.25) is 5.91 Å². The maximum atomic E-state index is 13.1. The molecule has 0 aliphatic carbocycles. The molecule has 1 atom stereocenters. The Labute approximate surface area is 185 Å². The number of fused-ring (bicyclic) bond motifs is 1. The van der Waals surface area contributed by atoms with Crippen molar-refractivity contribution in [2.24, 2.45) is 4.99 Å². The van der Waals surface area contributed by atoms with Crippen LogP contribution in [0.25, 0.3) is 0 Å². The highest BCUT2D eigenvalue weighted by molar-refractivity contribution is 8.16. The molecule has 0 saturated carbocycles. The first-order valence-corrected chi connectivity index (χ1v) is 11.8. The molecule has 7 nitrogen and oxygen atoms in total. The van der Waals surface area contributed by atoms with E-state index in [0.29, 0.717) is 17.7 Å². The second-order valence-corrected chi connectivity index (χ2v) is 9.27. The van der Waals surface area contributed by atoms with E-state index in [0.717, 1.165) is 49.0 Å². The Kier molecular flexibility index (Phi) is 6.31. The van der Waals surface area contributed by atoms with Gasteiger partial charge in [-0.15, -0.1) is 0 Å². The van der Waals surface area contributed by atoms with Gasteiger partial charge in [0.1, 0.15) is 0 Å². The maximum absolute atomic E-state index is 13.1. The second kappa shape index (κ2) is 8.95. The van der Waals surface area contributed by atoms with E-state index in [1.807, 2.05) is 39.0 Å². The number of carbonyl (C=O) groups is 2. The molecule has 0 spiro atoms. The number of rotatable bonds is 4. The Bertz CT molecular complexity index is 923. The lowest BCUT2D eigenvalue weighted by Gasteiger charge is -2.36. The van der Waals surface area contributed by atoms with E-state index in [1.165, 1.54) is 18.9 Å². The molecular weight excluding hydrogens is 420 g/mol. The molecule has 4 rings (SSSR count). The highest BCUT2D eigenvalue weighted by Crippen LogP contribution is 2.45. The first kappa shape index (κ1) is 21.1. The number of hydrogen-bond donors (Lipinski definition) is 0. The van der Waals surface area contributed by atoms with E-state index < -0.39 is 0 Å². The fourth-order valence-corrected chi connectivity index (χ4v) is 5.69. The minimum absolute atomic E-state index is 0.119. The maximum Gasteiger partial charge on any atom is 0.338 e. The topological polar surface area (TPSA) is 65.5 Å². The molecule has 4 heterocycles. The van der Waals surface area contributed by atoms with E-state index in [-0.39, 0.29) is 17.9 Å². The zero-order chi connectivity index (χ0) is 21.3. The predicted octanol–water partition coefficient (Wildman–Crippen LogP) is 3.05. The number of ether oxygens (including phenoxy) is 1. The summed E-state index contributed by atoms with van der Waals surface area (Å²) in [5.41, 5.74) is 3.07. The molecule has 0 aromatic carbocycles. The molecule has 1 fully saturated rings. The Morgan fingerprint density at radius 2 is 2.10 bits per heavy atom. The SMILES string of the molecule is COC(=O)C1=C(C)N=C2SC=C(CC(=O)N3CCCN(C)CC3)N2C1c1ccsc1. The van der Waals surface area contributed by atoms with Crippen LogP contribution in [0.3, 0.4) is 0 Å². The van der Waals surface area contributed by atoms with Crippen molar-refractivity contribution >= 4 is 40.1 Å². The number of esters is 1. The number of carbonyl (C=O) groups excluding carboxylic acids is 2. The number of allylic oxidation sites excluding steroid dienone is 1. The van der Waals surface area contributed by atoms with Gasteiger partial charge >= 0.3 is 5.97 Å². The fourth-order valence-electron chi connectivity index (χ4n) is 4.05. The number of thioether (sulfide) groups is 1. The smallest absolute Gasteiger partial charge is 0.338 e. The van der Waals surface area contributed by atoms with Crippen LogP contribution in [0.4, 0.5) is 0 Å². The first-order chi connectivity index (χ1) is 14.5. The minimum Gasteiger partial charge on any atom is -0.466 e.